The van der Waals surface area contributed by atoms with Gasteiger partial charge in [0.2, 0.25) is 0 Å². The number of benzene rings is 1. The Balaban J connectivity index is 0.000000604. The van der Waals surface area contributed by atoms with Crippen molar-refractivity contribution in [2.75, 3.05) is 5.32 Å². The monoisotopic (exact) mass is 391 g/mol. The minimum atomic E-state index is -0.250. The van der Waals surface area contributed by atoms with Gasteiger partial charge >= 0.3 is 0 Å². The van der Waals surface area contributed by atoms with Crippen LogP contribution >= 0.6 is 11.3 Å². The summed E-state index contributed by atoms with van der Waals surface area (Å²) in [5, 5.41) is 10.7. The smallest absolute Gasteiger partial charge is 0.290 e. The fourth-order valence-electron chi connectivity index (χ4n) is 3.15. The van der Waals surface area contributed by atoms with Crippen LogP contribution in [0.2, 0.25) is 0 Å². The van der Waals surface area contributed by atoms with Crippen LogP contribution in [0.1, 0.15) is 21.5 Å². The highest BCUT2D eigenvalue weighted by atomic mass is 32.1. The Morgan fingerprint density at radius 1 is 1.14 bits per heavy atom. The van der Waals surface area contributed by atoms with Crippen molar-refractivity contribution in [3.63, 3.8) is 0 Å². The van der Waals surface area contributed by atoms with E-state index in [2.05, 4.69) is 34.6 Å². The van der Waals surface area contributed by atoms with Gasteiger partial charge in [0.1, 0.15) is 0 Å². The summed E-state index contributed by atoms with van der Waals surface area (Å²) < 4.78 is 1.84. The van der Waals surface area contributed by atoms with Crippen molar-refractivity contribution in [1.29, 1.82) is 0 Å². The number of rotatable bonds is 3. The molecule has 2 N–H and O–H groups in total. The topological polar surface area (TPSA) is 83.7 Å². The van der Waals surface area contributed by atoms with Gasteiger partial charge in [0.15, 0.2) is 0 Å². The summed E-state index contributed by atoms with van der Waals surface area (Å²) in [6.07, 6.45) is 7.63. The summed E-state index contributed by atoms with van der Waals surface area (Å²) in [7, 11) is 0. The number of hydrogen-bond acceptors (Lipinski definition) is 4. The zero-order chi connectivity index (χ0) is 19.5. The second-order valence-electron chi connectivity index (χ2n) is 6.35. The summed E-state index contributed by atoms with van der Waals surface area (Å²) in [5.74, 6) is -0.110. The van der Waals surface area contributed by atoms with Gasteiger partial charge in [-0.1, -0.05) is 18.2 Å². The molecule has 0 radical (unpaired) electrons. The van der Waals surface area contributed by atoms with E-state index in [9.17, 15) is 4.79 Å². The van der Waals surface area contributed by atoms with Crippen LogP contribution in [-0.4, -0.2) is 26.9 Å². The molecule has 0 saturated carbocycles. The van der Waals surface area contributed by atoms with Gasteiger partial charge in [-0.2, -0.15) is 0 Å². The van der Waals surface area contributed by atoms with Gasteiger partial charge in [0, 0.05) is 11.1 Å². The first-order chi connectivity index (χ1) is 13.7. The molecule has 1 aromatic carbocycles. The molecule has 140 valence electrons. The molecule has 3 aromatic heterocycles. The van der Waals surface area contributed by atoms with E-state index in [1.54, 1.807) is 30.1 Å². The number of imidazole rings is 1. The van der Waals surface area contributed by atoms with Gasteiger partial charge in [-0.05, 0) is 53.8 Å². The summed E-state index contributed by atoms with van der Waals surface area (Å²) in [4.78, 5) is 26.1. The molecular weight excluding hydrogens is 374 g/mol. The van der Waals surface area contributed by atoms with Gasteiger partial charge in [-0.15, -0.1) is 11.3 Å². The van der Waals surface area contributed by atoms with E-state index >= 15 is 0 Å². The van der Waals surface area contributed by atoms with Crippen LogP contribution in [0.25, 0.3) is 16.0 Å². The van der Waals surface area contributed by atoms with Crippen molar-refractivity contribution in [3.8, 4) is 10.4 Å². The van der Waals surface area contributed by atoms with Crippen molar-refractivity contribution in [1.82, 2.24) is 9.38 Å². The zero-order valence-corrected chi connectivity index (χ0v) is 15.6. The lowest BCUT2D eigenvalue weighted by atomic mass is 9.87. The number of anilines is 1. The number of carboxylic acid groups (broad SMARTS) is 1. The van der Waals surface area contributed by atoms with E-state index in [1.165, 1.54) is 34.4 Å². The highest BCUT2D eigenvalue weighted by Gasteiger charge is 2.15. The number of hydrogen-bond donors (Lipinski definition) is 2. The third-order valence-electron chi connectivity index (χ3n) is 4.67. The Hall–Kier alpha value is -3.45. The first-order valence-corrected chi connectivity index (χ1v) is 9.52. The maximum absolute atomic E-state index is 12.5. The van der Waals surface area contributed by atoms with E-state index in [-0.39, 0.29) is 12.4 Å². The molecule has 1 aliphatic carbocycles. The average molecular weight is 391 g/mol. The molecule has 0 saturated heterocycles. The number of amides is 1. The van der Waals surface area contributed by atoms with E-state index in [4.69, 9.17) is 9.90 Å². The Kier molecular flexibility index (Phi) is 4.90. The van der Waals surface area contributed by atoms with E-state index in [0.29, 0.717) is 5.56 Å². The maximum Gasteiger partial charge on any atom is 0.290 e. The zero-order valence-electron chi connectivity index (χ0n) is 14.8. The van der Waals surface area contributed by atoms with Crippen LogP contribution in [0.15, 0.2) is 61.2 Å². The first-order valence-electron chi connectivity index (χ1n) is 8.71. The molecule has 0 aliphatic heterocycles. The fraction of sp³-hybridized carbons (Fsp3) is 0.0952. The molecule has 0 spiro atoms. The summed E-state index contributed by atoms with van der Waals surface area (Å²) in [6.45, 7) is -0.250. The molecule has 4 aromatic rings. The lowest BCUT2D eigenvalue weighted by Gasteiger charge is -2.18. The molecule has 0 atom stereocenters. The van der Waals surface area contributed by atoms with E-state index < -0.39 is 0 Å². The maximum atomic E-state index is 12.5. The number of carbonyl (C=O) groups is 2. The minimum Gasteiger partial charge on any atom is -0.483 e. The molecule has 6 nitrogen and oxygen atoms in total. The van der Waals surface area contributed by atoms with E-state index in [0.717, 1.165) is 10.5 Å². The second kappa shape index (κ2) is 7.66. The molecule has 0 fully saturated rings. The Labute approximate surface area is 165 Å². The molecule has 7 heteroatoms. The minimum absolute atomic E-state index is 0.110. The second-order valence-corrected chi connectivity index (χ2v) is 7.43. The average Bonchev–Trinajstić information content (AvgIpc) is 3.32. The number of aryl methyl sites for hydroxylation is 2. The molecule has 0 unspecified atom stereocenters. The van der Waals surface area contributed by atoms with Crippen molar-refractivity contribution in [2.45, 2.75) is 12.8 Å². The van der Waals surface area contributed by atoms with Gasteiger partial charge in [-0.25, -0.2) is 4.98 Å². The molecule has 1 aliphatic rings. The quantitative estimate of drug-likeness (QED) is 0.515. The number of nitrogens with one attached hydrogen (secondary N) is 1. The van der Waals surface area contributed by atoms with Crippen LogP contribution in [-0.2, 0) is 17.6 Å². The lowest BCUT2D eigenvalue weighted by Crippen LogP contribution is -2.11. The van der Waals surface area contributed by atoms with Crippen LogP contribution in [0.3, 0.4) is 0 Å². The molecule has 0 bridgehead atoms. The fourth-order valence-corrected chi connectivity index (χ4v) is 4.04. The Bertz CT molecular complexity index is 1160. The Morgan fingerprint density at radius 3 is 2.71 bits per heavy atom. The largest absolute Gasteiger partial charge is 0.483 e. The summed E-state index contributed by atoms with van der Waals surface area (Å²) >= 11 is 1.60. The third-order valence-corrected chi connectivity index (χ3v) is 5.72. The van der Waals surface area contributed by atoms with Crippen LogP contribution in [0.5, 0.6) is 0 Å². The van der Waals surface area contributed by atoms with Crippen LogP contribution < -0.4 is 5.32 Å². The van der Waals surface area contributed by atoms with Crippen LogP contribution in [0.4, 0.5) is 5.00 Å². The van der Waals surface area contributed by atoms with Gasteiger partial charge in [-0.3, -0.25) is 9.59 Å². The highest BCUT2D eigenvalue weighted by molar-refractivity contribution is 7.19. The van der Waals surface area contributed by atoms with Crippen molar-refractivity contribution in [3.05, 3.63) is 77.9 Å². The summed E-state index contributed by atoms with van der Waals surface area (Å²) in [6, 6.07) is 14.4. The number of pyridine rings is 1. The third kappa shape index (κ3) is 3.52. The molecule has 3 heterocycles. The molecular formula is C21H17N3O3S. The summed E-state index contributed by atoms with van der Waals surface area (Å²) in [5.41, 5.74) is 5.72. The number of aromatic nitrogens is 2. The van der Waals surface area contributed by atoms with Gasteiger partial charge in [0.25, 0.3) is 12.4 Å². The van der Waals surface area contributed by atoms with Gasteiger partial charge < -0.3 is 14.8 Å². The Morgan fingerprint density at radius 2 is 1.96 bits per heavy atom. The number of carbonyl (C=O) groups excluding carboxylic acids is 1. The van der Waals surface area contributed by atoms with Gasteiger partial charge in [0.05, 0.1) is 28.6 Å². The predicted molar refractivity (Wildman–Crippen MR) is 109 cm³/mol. The normalized spacial score (nSPS) is 11.7. The molecule has 5 rings (SSSR count). The van der Waals surface area contributed by atoms with Crippen molar-refractivity contribution in [2.24, 2.45) is 0 Å². The number of thiophene rings is 1. The lowest BCUT2D eigenvalue weighted by molar-refractivity contribution is -0.122. The highest BCUT2D eigenvalue weighted by Crippen LogP contribution is 2.34. The molecule has 1 amide bonds. The van der Waals surface area contributed by atoms with Crippen molar-refractivity contribution < 1.29 is 14.7 Å². The van der Waals surface area contributed by atoms with Crippen molar-refractivity contribution >= 4 is 34.2 Å². The van der Waals surface area contributed by atoms with Crippen LogP contribution in [0, 0.1) is 0 Å². The number of nitrogens with zero attached hydrogens (tertiary/aromatic N) is 2. The molecule has 28 heavy (non-hydrogen) atoms. The standard InChI is InChI=1S/C20H15N3OS.CH2O2/c24-20(16-5-6-17-10-21-12-23(17)11-16)22-19-8-7-18(25-19)15-4-2-13-1-3-14(13)9-15;2-1-3/h2,4-12H,1,3H2,(H,22,24);1H,(H,2,3). The number of fused-ring (bicyclic) bond motifs is 2. The SMILES string of the molecule is O=C(Nc1ccc(-c2ccc3c(c2)CC3)s1)c1ccc2cncn2c1.O=CO. The first kappa shape index (κ1) is 17.9. The van der Waals surface area contributed by atoms with E-state index in [1.807, 2.05) is 22.6 Å². The predicted octanol–water partition coefficient (Wildman–Crippen LogP) is 4.11.